The molecule has 1 aromatic heterocycles. The maximum atomic E-state index is 12.2. The first-order valence-corrected chi connectivity index (χ1v) is 5.90. The molecule has 0 aromatic carbocycles. The second kappa shape index (κ2) is 4.83. The Morgan fingerprint density at radius 3 is 2.94 bits per heavy atom. The van der Waals surface area contributed by atoms with Crippen molar-refractivity contribution in [1.29, 1.82) is 0 Å². The molecule has 1 aliphatic heterocycles. The number of aromatic nitrogens is 3. The number of rotatable bonds is 2. The molecule has 2 rings (SSSR count). The second-order valence-corrected chi connectivity index (χ2v) is 4.67. The summed E-state index contributed by atoms with van der Waals surface area (Å²) >= 11 is 0. The molecule has 94 valence electrons. The van der Waals surface area contributed by atoms with E-state index in [9.17, 15) is 9.90 Å². The molecule has 1 aliphatic rings. The standard InChI is InChI=1S/C11H18N4O2/c1-8-3-4-14(5-10(8)16)11(17)9(2)15-7-12-6-13-15/h6-10,16H,3-5H2,1-2H3. The Balaban J connectivity index is 2.01. The van der Waals surface area contributed by atoms with Crippen LogP contribution in [0.25, 0.3) is 0 Å². The normalized spacial score (nSPS) is 26.9. The van der Waals surface area contributed by atoms with Crippen LogP contribution in [0.15, 0.2) is 12.7 Å². The topological polar surface area (TPSA) is 71.2 Å². The number of likely N-dealkylation sites (tertiary alicyclic amines) is 1. The molecule has 2 heterocycles. The second-order valence-electron chi connectivity index (χ2n) is 4.67. The average molecular weight is 238 g/mol. The molecule has 1 aromatic rings. The van der Waals surface area contributed by atoms with E-state index in [2.05, 4.69) is 10.1 Å². The molecule has 0 spiro atoms. The van der Waals surface area contributed by atoms with Crippen molar-refractivity contribution in [3.05, 3.63) is 12.7 Å². The monoisotopic (exact) mass is 238 g/mol. The minimum absolute atomic E-state index is 0.0125. The zero-order valence-electron chi connectivity index (χ0n) is 10.2. The third kappa shape index (κ3) is 2.46. The molecular formula is C11H18N4O2. The van der Waals surface area contributed by atoms with E-state index in [0.29, 0.717) is 13.1 Å². The average Bonchev–Trinajstić information content (AvgIpc) is 2.84. The molecule has 0 bridgehead atoms. The van der Waals surface area contributed by atoms with Gasteiger partial charge in [0, 0.05) is 13.1 Å². The van der Waals surface area contributed by atoms with Crippen molar-refractivity contribution in [2.75, 3.05) is 13.1 Å². The molecule has 6 nitrogen and oxygen atoms in total. The van der Waals surface area contributed by atoms with Gasteiger partial charge in [0.2, 0.25) is 5.91 Å². The van der Waals surface area contributed by atoms with E-state index in [-0.39, 0.29) is 17.9 Å². The lowest BCUT2D eigenvalue weighted by Gasteiger charge is -2.35. The van der Waals surface area contributed by atoms with Crippen LogP contribution in [-0.4, -0.2) is 49.9 Å². The summed E-state index contributed by atoms with van der Waals surface area (Å²) < 4.78 is 1.53. The number of hydrogen-bond donors (Lipinski definition) is 1. The van der Waals surface area contributed by atoms with Crippen LogP contribution in [0.5, 0.6) is 0 Å². The summed E-state index contributed by atoms with van der Waals surface area (Å²) in [6.07, 6.45) is 3.37. The van der Waals surface area contributed by atoms with Crippen molar-refractivity contribution in [2.45, 2.75) is 32.4 Å². The van der Waals surface area contributed by atoms with Crippen molar-refractivity contribution >= 4 is 5.91 Å². The first-order chi connectivity index (χ1) is 8.09. The highest BCUT2D eigenvalue weighted by atomic mass is 16.3. The lowest BCUT2D eigenvalue weighted by Crippen LogP contribution is -2.47. The molecule has 0 radical (unpaired) electrons. The third-order valence-corrected chi connectivity index (χ3v) is 3.42. The van der Waals surface area contributed by atoms with E-state index in [0.717, 1.165) is 6.42 Å². The predicted octanol–water partition coefficient (Wildman–Crippen LogP) is 0.0684. The number of β-amino-alcohol motifs (C(OH)–C–C–N with tert-alkyl or cyclic N) is 1. The van der Waals surface area contributed by atoms with Crippen molar-refractivity contribution < 1.29 is 9.90 Å². The van der Waals surface area contributed by atoms with Gasteiger partial charge in [-0.1, -0.05) is 6.92 Å². The highest BCUT2D eigenvalue weighted by Crippen LogP contribution is 2.19. The summed E-state index contributed by atoms with van der Waals surface area (Å²) in [4.78, 5) is 17.7. The molecule has 3 unspecified atom stereocenters. The summed E-state index contributed by atoms with van der Waals surface area (Å²) in [6, 6.07) is -0.363. The zero-order valence-corrected chi connectivity index (χ0v) is 10.2. The van der Waals surface area contributed by atoms with Crippen LogP contribution in [0.4, 0.5) is 0 Å². The van der Waals surface area contributed by atoms with Gasteiger partial charge in [-0.3, -0.25) is 4.79 Å². The SMILES string of the molecule is CC1CCN(C(=O)C(C)n2cncn2)CC1O. The number of aliphatic hydroxyl groups excluding tert-OH is 1. The molecule has 1 N–H and O–H groups in total. The minimum Gasteiger partial charge on any atom is -0.391 e. The zero-order chi connectivity index (χ0) is 12.4. The highest BCUT2D eigenvalue weighted by molar-refractivity contribution is 5.80. The lowest BCUT2D eigenvalue weighted by molar-refractivity contribution is -0.138. The number of piperidine rings is 1. The van der Waals surface area contributed by atoms with E-state index in [1.807, 2.05) is 6.92 Å². The summed E-state index contributed by atoms with van der Waals surface area (Å²) in [7, 11) is 0. The molecule has 1 saturated heterocycles. The number of carbonyl (C=O) groups excluding carboxylic acids is 1. The fourth-order valence-electron chi connectivity index (χ4n) is 2.04. The Morgan fingerprint density at radius 2 is 2.35 bits per heavy atom. The van der Waals surface area contributed by atoms with Gasteiger partial charge in [0.1, 0.15) is 18.7 Å². The molecule has 17 heavy (non-hydrogen) atoms. The molecule has 1 fully saturated rings. The van der Waals surface area contributed by atoms with Crippen LogP contribution in [0.3, 0.4) is 0 Å². The molecule has 0 saturated carbocycles. The van der Waals surface area contributed by atoms with Gasteiger partial charge in [-0.15, -0.1) is 0 Å². The van der Waals surface area contributed by atoms with Gasteiger partial charge >= 0.3 is 0 Å². The fourth-order valence-corrected chi connectivity index (χ4v) is 2.04. The summed E-state index contributed by atoms with van der Waals surface area (Å²) in [5, 5.41) is 13.7. The fraction of sp³-hybridized carbons (Fsp3) is 0.727. The van der Waals surface area contributed by atoms with E-state index in [1.165, 1.54) is 17.3 Å². The summed E-state index contributed by atoms with van der Waals surface area (Å²) in [6.45, 7) is 4.92. The Hall–Kier alpha value is -1.43. The smallest absolute Gasteiger partial charge is 0.247 e. The first kappa shape index (κ1) is 12.0. The van der Waals surface area contributed by atoms with Crippen LogP contribution >= 0.6 is 0 Å². The molecule has 6 heteroatoms. The van der Waals surface area contributed by atoms with Crippen molar-refractivity contribution in [2.24, 2.45) is 5.92 Å². The maximum Gasteiger partial charge on any atom is 0.247 e. The number of hydrogen-bond acceptors (Lipinski definition) is 4. The number of nitrogens with zero attached hydrogens (tertiary/aromatic N) is 4. The van der Waals surface area contributed by atoms with E-state index in [4.69, 9.17) is 0 Å². The van der Waals surface area contributed by atoms with Gasteiger partial charge in [0.15, 0.2) is 0 Å². The minimum atomic E-state index is -0.421. The van der Waals surface area contributed by atoms with Crippen molar-refractivity contribution in [1.82, 2.24) is 19.7 Å². The number of carbonyl (C=O) groups is 1. The predicted molar refractivity (Wildman–Crippen MR) is 61.1 cm³/mol. The lowest BCUT2D eigenvalue weighted by atomic mass is 9.96. The Morgan fingerprint density at radius 1 is 1.59 bits per heavy atom. The summed E-state index contributed by atoms with van der Waals surface area (Å²) in [5.74, 6) is 0.252. The van der Waals surface area contributed by atoms with Gasteiger partial charge in [0.25, 0.3) is 0 Å². The van der Waals surface area contributed by atoms with E-state index in [1.54, 1.807) is 11.8 Å². The largest absolute Gasteiger partial charge is 0.391 e. The molecule has 0 aliphatic carbocycles. The highest BCUT2D eigenvalue weighted by Gasteiger charge is 2.30. The van der Waals surface area contributed by atoms with Crippen molar-refractivity contribution in [3.63, 3.8) is 0 Å². The van der Waals surface area contributed by atoms with Gasteiger partial charge in [-0.2, -0.15) is 5.10 Å². The molecule has 1 amide bonds. The Kier molecular flexibility index (Phi) is 3.42. The Bertz CT molecular complexity index is 379. The van der Waals surface area contributed by atoms with Crippen LogP contribution in [0, 0.1) is 5.92 Å². The van der Waals surface area contributed by atoms with Gasteiger partial charge < -0.3 is 10.0 Å². The van der Waals surface area contributed by atoms with Crippen LogP contribution in [-0.2, 0) is 4.79 Å². The first-order valence-electron chi connectivity index (χ1n) is 5.90. The van der Waals surface area contributed by atoms with E-state index >= 15 is 0 Å². The summed E-state index contributed by atoms with van der Waals surface area (Å²) in [5.41, 5.74) is 0. The maximum absolute atomic E-state index is 12.2. The quantitative estimate of drug-likeness (QED) is 0.791. The van der Waals surface area contributed by atoms with Gasteiger partial charge in [-0.05, 0) is 19.3 Å². The van der Waals surface area contributed by atoms with Crippen molar-refractivity contribution in [3.8, 4) is 0 Å². The molecule has 3 atom stereocenters. The number of amides is 1. The molecular weight excluding hydrogens is 220 g/mol. The third-order valence-electron chi connectivity index (χ3n) is 3.42. The van der Waals surface area contributed by atoms with Gasteiger partial charge in [0.05, 0.1) is 6.10 Å². The van der Waals surface area contributed by atoms with E-state index < -0.39 is 6.10 Å². The number of aliphatic hydroxyl groups is 1. The van der Waals surface area contributed by atoms with Crippen LogP contribution in [0.2, 0.25) is 0 Å². The van der Waals surface area contributed by atoms with Crippen LogP contribution < -0.4 is 0 Å². The van der Waals surface area contributed by atoms with Gasteiger partial charge in [-0.25, -0.2) is 9.67 Å². The Labute approximate surface area is 100 Å². The van der Waals surface area contributed by atoms with Crippen LogP contribution in [0.1, 0.15) is 26.3 Å².